The average Bonchev–Trinajstić information content (AvgIpc) is 2.93. The molecule has 1 heterocycles. The minimum atomic E-state index is 0.0133. The molecule has 1 aliphatic rings. The second kappa shape index (κ2) is 6.04. The third-order valence-corrected chi connectivity index (χ3v) is 3.72. The number of benzene rings is 2. The molecule has 20 heavy (non-hydrogen) atoms. The highest BCUT2D eigenvalue weighted by Gasteiger charge is 2.35. The Balaban J connectivity index is 1.89. The first kappa shape index (κ1) is 13.1. The number of hydrogen-bond acceptors (Lipinski definition) is 2. The Hall–Kier alpha value is -1.90. The van der Waals surface area contributed by atoms with E-state index >= 15 is 0 Å². The molecule has 3 rings (SSSR count). The first-order chi connectivity index (χ1) is 9.90. The van der Waals surface area contributed by atoms with Gasteiger partial charge in [-0.1, -0.05) is 66.7 Å². The van der Waals surface area contributed by atoms with Crippen molar-refractivity contribution in [1.82, 2.24) is 4.90 Å². The van der Waals surface area contributed by atoms with Crippen LogP contribution in [-0.4, -0.2) is 18.1 Å². The zero-order valence-electron chi connectivity index (χ0n) is 11.5. The second-order valence-electron chi connectivity index (χ2n) is 5.01. The van der Waals surface area contributed by atoms with E-state index in [1.54, 1.807) is 0 Å². The van der Waals surface area contributed by atoms with Gasteiger partial charge in [-0.2, -0.15) is 0 Å². The van der Waals surface area contributed by atoms with Gasteiger partial charge in [0, 0.05) is 6.54 Å². The molecule has 1 fully saturated rings. The van der Waals surface area contributed by atoms with Crippen molar-refractivity contribution in [2.75, 3.05) is 13.2 Å². The fourth-order valence-corrected chi connectivity index (χ4v) is 2.78. The van der Waals surface area contributed by atoms with Gasteiger partial charge in [0.1, 0.15) is 6.23 Å². The van der Waals surface area contributed by atoms with Crippen LogP contribution < -0.4 is 0 Å². The van der Waals surface area contributed by atoms with Crippen molar-refractivity contribution in [3.8, 4) is 0 Å². The van der Waals surface area contributed by atoms with Crippen molar-refractivity contribution in [3.05, 3.63) is 84.4 Å². The molecule has 0 aromatic heterocycles. The summed E-state index contributed by atoms with van der Waals surface area (Å²) < 4.78 is 6.05. The van der Waals surface area contributed by atoms with Crippen LogP contribution >= 0.6 is 0 Å². The van der Waals surface area contributed by atoms with E-state index in [0.29, 0.717) is 6.04 Å². The standard InChI is InChI=1S/C18H19NO/c1-2-13-19-17(15-9-5-3-6-10-15)14-20-18(19)16-11-7-4-8-12-16/h2-12,17-18H,1,13-14H2/t17-,18+/m0/s1. The summed E-state index contributed by atoms with van der Waals surface area (Å²) in [4.78, 5) is 2.36. The van der Waals surface area contributed by atoms with Crippen LogP contribution in [-0.2, 0) is 4.74 Å². The monoisotopic (exact) mass is 265 g/mol. The Bertz CT molecular complexity index is 505. The number of ether oxygens (including phenoxy) is 1. The van der Waals surface area contributed by atoms with Crippen LogP contribution in [0.4, 0.5) is 0 Å². The summed E-state index contributed by atoms with van der Waals surface area (Å²) >= 11 is 0. The summed E-state index contributed by atoms with van der Waals surface area (Å²) in [6.45, 7) is 5.42. The van der Waals surface area contributed by atoms with E-state index in [9.17, 15) is 0 Å². The highest BCUT2D eigenvalue weighted by atomic mass is 16.5. The highest BCUT2D eigenvalue weighted by Crippen LogP contribution is 2.38. The molecule has 0 N–H and O–H groups in total. The van der Waals surface area contributed by atoms with E-state index in [2.05, 4.69) is 60.0 Å². The van der Waals surface area contributed by atoms with Crippen LogP contribution in [0.1, 0.15) is 23.4 Å². The van der Waals surface area contributed by atoms with Crippen LogP contribution in [0, 0.1) is 0 Å². The van der Waals surface area contributed by atoms with E-state index in [4.69, 9.17) is 4.74 Å². The van der Waals surface area contributed by atoms with Gasteiger partial charge in [0.25, 0.3) is 0 Å². The fourth-order valence-electron chi connectivity index (χ4n) is 2.78. The summed E-state index contributed by atoms with van der Waals surface area (Å²) in [6.07, 6.45) is 1.96. The lowest BCUT2D eigenvalue weighted by atomic mass is 10.1. The van der Waals surface area contributed by atoms with Gasteiger partial charge in [0.15, 0.2) is 0 Å². The maximum atomic E-state index is 6.05. The smallest absolute Gasteiger partial charge is 0.137 e. The average molecular weight is 265 g/mol. The van der Waals surface area contributed by atoms with Crippen LogP contribution in [0.15, 0.2) is 73.3 Å². The Morgan fingerprint density at radius 2 is 1.60 bits per heavy atom. The predicted molar refractivity (Wildman–Crippen MR) is 81.2 cm³/mol. The summed E-state index contributed by atoms with van der Waals surface area (Å²) in [7, 11) is 0. The largest absolute Gasteiger partial charge is 0.357 e. The number of hydrogen-bond donors (Lipinski definition) is 0. The van der Waals surface area contributed by atoms with Gasteiger partial charge in [-0.15, -0.1) is 6.58 Å². The van der Waals surface area contributed by atoms with E-state index in [1.165, 1.54) is 11.1 Å². The van der Waals surface area contributed by atoms with E-state index < -0.39 is 0 Å². The Morgan fingerprint density at radius 1 is 1.00 bits per heavy atom. The van der Waals surface area contributed by atoms with Gasteiger partial charge in [0.2, 0.25) is 0 Å². The van der Waals surface area contributed by atoms with Crippen molar-refractivity contribution >= 4 is 0 Å². The molecular weight excluding hydrogens is 246 g/mol. The van der Waals surface area contributed by atoms with Gasteiger partial charge in [-0.25, -0.2) is 0 Å². The van der Waals surface area contributed by atoms with Crippen molar-refractivity contribution in [2.24, 2.45) is 0 Å². The molecule has 0 amide bonds. The minimum Gasteiger partial charge on any atom is -0.357 e. The third-order valence-electron chi connectivity index (χ3n) is 3.72. The molecule has 0 radical (unpaired) electrons. The van der Waals surface area contributed by atoms with Crippen molar-refractivity contribution < 1.29 is 4.74 Å². The van der Waals surface area contributed by atoms with Crippen molar-refractivity contribution in [3.63, 3.8) is 0 Å². The molecule has 0 bridgehead atoms. The quantitative estimate of drug-likeness (QED) is 0.776. The first-order valence-electron chi connectivity index (χ1n) is 6.98. The van der Waals surface area contributed by atoms with Crippen LogP contribution in [0.25, 0.3) is 0 Å². The van der Waals surface area contributed by atoms with Crippen LogP contribution in [0.5, 0.6) is 0 Å². The maximum absolute atomic E-state index is 6.05. The molecule has 1 aliphatic heterocycles. The predicted octanol–water partition coefficient (Wildman–Crippen LogP) is 3.94. The number of rotatable bonds is 4. The lowest BCUT2D eigenvalue weighted by Crippen LogP contribution is -2.27. The van der Waals surface area contributed by atoms with Crippen molar-refractivity contribution in [1.29, 1.82) is 0 Å². The van der Waals surface area contributed by atoms with Gasteiger partial charge in [-0.05, 0) is 11.1 Å². The lowest BCUT2D eigenvalue weighted by molar-refractivity contribution is 0.0354. The first-order valence-corrected chi connectivity index (χ1v) is 6.98. The highest BCUT2D eigenvalue weighted by molar-refractivity contribution is 5.24. The summed E-state index contributed by atoms with van der Waals surface area (Å²) in [6, 6.07) is 21.2. The molecule has 2 aromatic carbocycles. The lowest BCUT2D eigenvalue weighted by Gasteiger charge is -2.27. The third kappa shape index (κ3) is 2.53. The van der Waals surface area contributed by atoms with Gasteiger partial charge in [-0.3, -0.25) is 4.90 Å². The van der Waals surface area contributed by atoms with Gasteiger partial charge >= 0.3 is 0 Å². The molecule has 2 nitrogen and oxygen atoms in total. The second-order valence-corrected chi connectivity index (χ2v) is 5.01. The van der Waals surface area contributed by atoms with Gasteiger partial charge in [0.05, 0.1) is 12.6 Å². The fraction of sp³-hybridized carbons (Fsp3) is 0.222. The molecule has 2 heteroatoms. The van der Waals surface area contributed by atoms with Crippen LogP contribution in [0.2, 0.25) is 0 Å². The minimum absolute atomic E-state index is 0.0133. The summed E-state index contributed by atoms with van der Waals surface area (Å²) in [5.74, 6) is 0. The van der Waals surface area contributed by atoms with E-state index in [1.807, 2.05) is 18.2 Å². The maximum Gasteiger partial charge on any atom is 0.137 e. The van der Waals surface area contributed by atoms with E-state index in [-0.39, 0.29) is 6.23 Å². The zero-order valence-corrected chi connectivity index (χ0v) is 11.5. The number of nitrogens with zero attached hydrogens (tertiary/aromatic N) is 1. The molecule has 2 atom stereocenters. The molecule has 1 saturated heterocycles. The Morgan fingerprint density at radius 3 is 2.20 bits per heavy atom. The Labute approximate surface area is 120 Å². The van der Waals surface area contributed by atoms with Gasteiger partial charge < -0.3 is 4.74 Å². The molecular formula is C18H19NO. The molecule has 2 aromatic rings. The van der Waals surface area contributed by atoms with Crippen molar-refractivity contribution in [2.45, 2.75) is 12.3 Å². The SMILES string of the molecule is C=CCN1[C@@H](c2ccccc2)OC[C@H]1c1ccccc1. The molecule has 0 aliphatic carbocycles. The summed E-state index contributed by atoms with van der Waals surface area (Å²) in [5.41, 5.74) is 2.50. The normalized spacial score (nSPS) is 22.8. The molecule has 102 valence electrons. The van der Waals surface area contributed by atoms with E-state index in [0.717, 1.165) is 13.2 Å². The topological polar surface area (TPSA) is 12.5 Å². The molecule has 0 spiro atoms. The summed E-state index contributed by atoms with van der Waals surface area (Å²) in [5, 5.41) is 0. The molecule has 0 saturated carbocycles. The molecule has 0 unspecified atom stereocenters. The van der Waals surface area contributed by atoms with Crippen LogP contribution in [0.3, 0.4) is 0 Å². The zero-order chi connectivity index (χ0) is 13.8. The Kier molecular flexibility index (Phi) is 3.95.